The smallest absolute Gasteiger partial charge is 0.266 e. The zero-order chi connectivity index (χ0) is 20.5. The summed E-state index contributed by atoms with van der Waals surface area (Å²) < 4.78 is 1.51. The molecule has 1 aromatic heterocycles. The van der Waals surface area contributed by atoms with Gasteiger partial charge in [0.2, 0.25) is 5.91 Å². The summed E-state index contributed by atoms with van der Waals surface area (Å²) in [6.07, 6.45) is 2.33. The lowest BCUT2D eigenvalue weighted by molar-refractivity contribution is -0.119. The van der Waals surface area contributed by atoms with Gasteiger partial charge in [-0.3, -0.25) is 14.2 Å². The Morgan fingerprint density at radius 3 is 2.59 bits per heavy atom. The van der Waals surface area contributed by atoms with E-state index in [4.69, 9.17) is 23.2 Å². The third-order valence-electron chi connectivity index (χ3n) is 4.94. The van der Waals surface area contributed by atoms with Crippen LogP contribution in [0, 0.1) is 5.92 Å². The molecule has 0 radical (unpaired) electrons. The summed E-state index contributed by atoms with van der Waals surface area (Å²) in [6.45, 7) is 2.03. The molecule has 1 unspecified atom stereocenters. The lowest BCUT2D eigenvalue weighted by atomic mass is 10.2. The van der Waals surface area contributed by atoms with Crippen LogP contribution in [-0.2, 0) is 4.79 Å². The minimum Gasteiger partial charge on any atom is -0.353 e. The number of aromatic nitrogens is 2. The fraction of sp³-hybridized carbons (Fsp3) is 0.286. The molecule has 1 atom stereocenters. The van der Waals surface area contributed by atoms with E-state index in [0.717, 1.165) is 12.8 Å². The van der Waals surface area contributed by atoms with Crippen molar-refractivity contribution in [1.29, 1.82) is 0 Å². The Hall–Kier alpha value is -2.02. The van der Waals surface area contributed by atoms with Gasteiger partial charge < -0.3 is 5.32 Å². The van der Waals surface area contributed by atoms with Crippen molar-refractivity contribution in [3.63, 3.8) is 0 Å². The van der Waals surface area contributed by atoms with Gasteiger partial charge in [-0.15, -0.1) is 0 Å². The molecule has 2 aromatic carbocycles. The van der Waals surface area contributed by atoms with Crippen LogP contribution in [0.15, 0.2) is 52.4 Å². The average Bonchev–Trinajstić information content (AvgIpc) is 3.52. The van der Waals surface area contributed by atoms with E-state index in [9.17, 15) is 9.59 Å². The third-order valence-corrected chi connectivity index (χ3v) is 6.36. The molecule has 3 aromatic rings. The van der Waals surface area contributed by atoms with Gasteiger partial charge in [-0.1, -0.05) is 35.0 Å². The fourth-order valence-electron chi connectivity index (χ4n) is 3.19. The molecule has 8 heteroatoms. The van der Waals surface area contributed by atoms with Crippen LogP contribution in [0.4, 0.5) is 0 Å². The SMILES string of the molecule is CC(NC(=O)CSc1nc2cc(Cl)ccc2c(=O)n1-c1ccc(Cl)cc1)C1CC1. The number of nitrogens with zero attached hydrogens (tertiary/aromatic N) is 2. The second kappa shape index (κ2) is 8.38. The molecule has 1 saturated carbocycles. The van der Waals surface area contributed by atoms with E-state index in [2.05, 4.69) is 10.3 Å². The Morgan fingerprint density at radius 1 is 1.21 bits per heavy atom. The highest BCUT2D eigenvalue weighted by molar-refractivity contribution is 7.99. The third kappa shape index (κ3) is 4.60. The van der Waals surface area contributed by atoms with Crippen molar-refractivity contribution in [3.8, 4) is 5.69 Å². The number of carbonyl (C=O) groups is 1. The molecule has 4 rings (SSSR count). The van der Waals surface area contributed by atoms with Gasteiger partial charge in [-0.2, -0.15) is 0 Å². The standard InChI is InChI=1S/C21H19Cl2N3O2S/c1-12(13-2-3-13)24-19(27)11-29-21-25-18-10-15(23)6-9-17(18)20(28)26(21)16-7-4-14(22)5-8-16/h4-10,12-13H,2-3,11H2,1H3,(H,24,27). The van der Waals surface area contributed by atoms with Crippen LogP contribution in [-0.4, -0.2) is 27.3 Å². The summed E-state index contributed by atoms with van der Waals surface area (Å²) in [5.41, 5.74) is 0.920. The Labute approximate surface area is 182 Å². The number of amides is 1. The van der Waals surface area contributed by atoms with Crippen molar-refractivity contribution < 1.29 is 4.79 Å². The molecule has 1 aliphatic carbocycles. The minimum atomic E-state index is -0.219. The largest absolute Gasteiger partial charge is 0.353 e. The zero-order valence-corrected chi connectivity index (χ0v) is 18.0. The number of nitrogens with one attached hydrogen (secondary N) is 1. The van der Waals surface area contributed by atoms with E-state index in [1.54, 1.807) is 42.5 Å². The molecule has 1 fully saturated rings. The molecule has 0 bridgehead atoms. The Bertz CT molecular complexity index is 1130. The van der Waals surface area contributed by atoms with Crippen LogP contribution in [0.1, 0.15) is 19.8 Å². The summed E-state index contributed by atoms with van der Waals surface area (Å²) in [6, 6.07) is 12.1. The normalized spacial score (nSPS) is 14.7. The Balaban J connectivity index is 1.70. The van der Waals surface area contributed by atoms with Gasteiger partial charge >= 0.3 is 0 Å². The number of hydrogen-bond acceptors (Lipinski definition) is 4. The van der Waals surface area contributed by atoms with Crippen molar-refractivity contribution in [3.05, 3.63) is 62.9 Å². The lowest BCUT2D eigenvalue weighted by Crippen LogP contribution is -2.35. The molecular formula is C21H19Cl2N3O2S. The Kier molecular flexibility index (Phi) is 5.86. The molecular weight excluding hydrogens is 429 g/mol. The second-order valence-electron chi connectivity index (χ2n) is 7.16. The van der Waals surface area contributed by atoms with E-state index >= 15 is 0 Å². The summed E-state index contributed by atoms with van der Waals surface area (Å²) in [5.74, 6) is 0.679. The van der Waals surface area contributed by atoms with E-state index in [0.29, 0.717) is 37.7 Å². The molecule has 1 aliphatic rings. The maximum Gasteiger partial charge on any atom is 0.266 e. The van der Waals surface area contributed by atoms with Crippen molar-refractivity contribution in [2.45, 2.75) is 31.0 Å². The van der Waals surface area contributed by atoms with Gasteiger partial charge in [0.15, 0.2) is 5.16 Å². The molecule has 5 nitrogen and oxygen atoms in total. The van der Waals surface area contributed by atoms with Crippen molar-refractivity contribution in [1.82, 2.24) is 14.9 Å². The quantitative estimate of drug-likeness (QED) is 0.439. The van der Waals surface area contributed by atoms with E-state index in [-0.39, 0.29) is 23.3 Å². The maximum absolute atomic E-state index is 13.2. The topological polar surface area (TPSA) is 64.0 Å². The van der Waals surface area contributed by atoms with E-state index < -0.39 is 0 Å². The highest BCUT2D eigenvalue weighted by Gasteiger charge is 2.28. The first-order valence-electron chi connectivity index (χ1n) is 9.33. The highest BCUT2D eigenvalue weighted by atomic mass is 35.5. The highest BCUT2D eigenvalue weighted by Crippen LogP contribution is 2.32. The number of carbonyl (C=O) groups excluding carboxylic acids is 1. The number of halogens is 2. The first kappa shape index (κ1) is 20.3. The molecule has 29 heavy (non-hydrogen) atoms. The van der Waals surface area contributed by atoms with Crippen LogP contribution >= 0.6 is 35.0 Å². The predicted molar refractivity (Wildman–Crippen MR) is 118 cm³/mol. The number of rotatable bonds is 6. The van der Waals surface area contributed by atoms with Crippen molar-refractivity contribution in [2.24, 2.45) is 5.92 Å². The summed E-state index contributed by atoms with van der Waals surface area (Å²) in [5, 5.41) is 4.99. The first-order valence-corrected chi connectivity index (χ1v) is 11.1. The average molecular weight is 448 g/mol. The summed E-state index contributed by atoms with van der Waals surface area (Å²) >= 11 is 13.3. The van der Waals surface area contributed by atoms with Gasteiger partial charge in [0.25, 0.3) is 5.56 Å². The van der Waals surface area contributed by atoms with Crippen LogP contribution in [0.5, 0.6) is 0 Å². The minimum absolute atomic E-state index is 0.0718. The molecule has 0 aliphatic heterocycles. The van der Waals surface area contributed by atoms with Crippen LogP contribution in [0.3, 0.4) is 0 Å². The summed E-state index contributed by atoms with van der Waals surface area (Å²) in [7, 11) is 0. The second-order valence-corrected chi connectivity index (χ2v) is 8.97. The van der Waals surface area contributed by atoms with Gasteiger partial charge in [0.1, 0.15) is 0 Å². The summed E-state index contributed by atoms with van der Waals surface area (Å²) in [4.78, 5) is 30.2. The number of fused-ring (bicyclic) bond motifs is 1. The molecule has 0 saturated heterocycles. The molecule has 1 N–H and O–H groups in total. The van der Waals surface area contributed by atoms with Gasteiger partial charge in [0, 0.05) is 16.1 Å². The molecule has 1 heterocycles. The van der Waals surface area contributed by atoms with Gasteiger partial charge in [-0.05, 0) is 68.1 Å². The zero-order valence-electron chi connectivity index (χ0n) is 15.7. The number of thioether (sulfide) groups is 1. The molecule has 150 valence electrons. The Morgan fingerprint density at radius 2 is 1.90 bits per heavy atom. The lowest BCUT2D eigenvalue weighted by Gasteiger charge is -2.15. The number of hydrogen-bond donors (Lipinski definition) is 1. The van der Waals surface area contributed by atoms with E-state index in [1.807, 2.05) is 6.92 Å². The fourth-order valence-corrected chi connectivity index (χ4v) is 4.31. The predicted octanol–water partition coefficient (Wildman–Crippen LogP) is 4.70. The van der Waals surface area contributed by atoms with E-state index in [1.165, 1.54) is 16.3 Å². The van der Waals surface area contributed by atoms with Crippen molar-refractivity contribution >= 4 is 51.8 Å². The first-order chi connectivity index (χ1) is 13.9. The van der Waals surface area contributed by atoms with Crippen LogP contribution < -0.4 is 10.9 Å². The number of benzene rings is 2. The molecule has 1 amide bonds. The van der Waals surface area contributed by atoms with Crippen LogP contribution in [0.25, 0.3) is 16.6 Å². The van der Waals surface area contributed by atoms with Gasteiger partial charge in [-0.25, -0.2) is 4.98 Å². The molecule has 0 spiro atoms. The van der Waals surface area contributed by atoms with Gasteiger partial charge in [0.05, 0.1) is 22.3 Å². The monoisotopic (exact) mass is 447 g/mol. The maximum atomic E-state index is 13.2. The van der Waals surface area contributed by atoms with Crippen LogP contribution in [0.2, 0.25) is 10.0 Å². The van der Waals surface area contributed by atoms with Crippen molar-refractivity contribution in [2.75, 3.05) is 5.75 Å².